The van der Waals surface area contributed by atoms with Gasteiger partial charge in [-0.1, -0.05) is 55.0 Å². The van der Waals surface area contributed by atoms with Gasteiger partial charge in [-0.2, -0.15) is 0 Å². The number of hydrogen-bond acceptors (Lipinski definition) is 5. The van der Waals surface area contributed by atoms with Crippen LogP contribution in [0.2, 0.25) is 0 Å². The van der Waals surface area contributed by atoms with Crippen LogP contribution in [0.15, 0.2) is 71.6 Å². The van der Waals surface area contributed by atoms with Crippen molar-refractivity contribution in [1.82, 2.24) is 10.2 Å². The minimum Gasteiger partial charge on any atom is -0.495 e. The molecule has 0 radical (unpaired) electrons. The van der Waals surface area contributed by atoms with Crippen molar-refractivity contribution in [3.05, 3.63) is 89.0 Å². The molecule has 214 valence electrons. The van der Waals surface area contributed by atoms with Crippen LogP contribution < -0.4 is 14.4 Å². The van der Waals surface area contributed by atoms with E-state index in [1.807, 2.05) is 65.0 Å². The van der Waals surface area contributed by atoms with Crippen molar-refractivity contribution in [2.45, 2.75) is 58.5 Å². The Morgan fingerprint density at radius 2 is 1.57 bits per heavy atom. The van der Waals surface area contributed by atoms with E-state index in [1.54, 1.807) is 24.3 Å². The second-order valence-electron chi connectivity index (χ2n) is 9.77. The molecule has 1 N–H and O–H groups in total. The van der Waals surface area contributed by atoms with Crippen molar-refractivity contribution in [2.75, 3.05) is 24.5 Å². The first kappa shape index (κ1) is 30.7. The highest BCUT2D eigenvalue weighted by molar-refractivity contribution is 7.92. The lowest BCUT2D eigenvalue weighted by atomic mass is 10.1. The van der Waals surface area contributed by atoms with Crippen LogP contribution in [0.1, 0.15) is 42.5 Å². The van der Waals surface area contributed by atoms with Gasteiger partial charge in [0.1, 0.15) is 18.3 Å². The summed E-state index contributed by atoms with van der Waals surface area (Å²) < 4.78 is 34.8. The third kappa shape index (κ3) is 7.01. The van der Waals surface area contributed by atoms with Crippen LogP contribution in [0.5, 0.6) is 5.75 Å². The molecular weight excluding hydrogens is 526 g/mol. The van der Waals surface area contributed by atoms with E-state index in [0.717, 1.165) is 26.6 Å². The Bertz CT molecular complexity index is 1440. The fourth-order valence-corrected chi connectivity index (χ4v) is 5.94. The zero-order valence-corrected chi connectivity index (χ0v) is 24.9. The number of anilines is 1. The number of sulfonamides is 1. The van der Waals surface area contributed by atoms with Crippen molar-refractivity contribution in [3.8, 4) is 5.75 Å². The molecule has 0 aliphatic rings. The molecule has 0 aliphatic carbocycles. The Morgan fingerprint density at radius 3 is 2.17 bits per heavy atom. The molecule has 0 aliphatic heterocycles. The number of ether oxygens (including phenoxy) is 1. The summed E-state index contributed by atoms with van der Waals surface area (Å²) in [7, 11) is -2.73. The molecule has 9 heteroatoms. The maximum absolute atomic E-state index is 14.2. The Kier molecular flexibility index (Phi) is 10.3. The predicted octanol–water partition coefficient (Wildman–Crippen LogP) is 4.76. The van der Waals surface area contributed by atoms with Crippen LogP contribution >= 0.6 is 0 Å². The highest BCUT2D eigenvalue weighted by Gasteiger charge is 2.34. The average Bonchev–Trinajstić information content (AvgIpc) is 2.92. The number of carbonyl (C=O) groups is 2. The van der Waals surface area contributed by atoms with Crippen LogP contribution in [0.4, 0.5) is 5.69 Å². The standard InChI is InChI=1S/C31H39N3O5S/c1-7-27(31(36)32-8-2)33(20-25-12-10-9-11-24(25)5)30(35)21-34(28-19-23(4)15-18-29(28)39-6)40(37,38)26-16-13-22(3)14-17-26/h9-19,27H,7-8,20-21H2,1-6H3,(H,32,36)/t27-/m0/s1. The summed E-state index contributed by atoms with van der Waals surface area (Å²) in [4.78, 5) is 28.8. The summed E-state index contributed by atoms with van der Waals surface area (Å²) in [6, 6.07) is 18.5. The van der Waals surface area contributed by atoms with E-state index in [-0.39, 0.29) is 23.0 Å². The van der Waals surface area contributed by atoms with Crippen molar-refractivity contribution >= 4 is 27.5 Å². The zero-order chi connectivity index (χ0) is 29.4. The first-order chi connectivity index (χ1) is 19.0. The second kappa shape index (κ2) is 13.5. The molecule has 0 aromatic heterocycles. The summed E-state index contributed by atoms with van der Waals surface area (Å²) in [5, 5.41) is 2.82. The number of likely N-dealkylation sites (N-methyl/N-ethyl adjacent to an activating group) is 1. The molecule has 8 nitrogen and oxygen atoms in total. The van der Waals surface area contributed by atoms with Gasteiger partial charge in [-0.15, -0.1) is 0 Å². The Balaban J connectivity index is 2.14. The average molecular weight is 566 g/mol. The molecule has 0 saturated heterocycles. The predicted molar refractivity (Wildman–Crippen MR) is 158 cm³/mol. The summed E-state index contributed by atoms with van der Waals surface area (Å²) in [5.41, 5.74) is 3.80. The summed E-state index contributed by atoms with van der Waals surface area (Å²) in [5.74, 6) is -0.469. The number of methoxy groups -OCH3 is 1. The molecule has 0 bridgehead atoms. The van der Waals surface area contributed by atoms with Crippen molar-refractivity contribution in [2.24, 2.45) is 0 Å². The molecule has 0 spiro atoms. The summed E-state index contributed by atoms with van der Waals surface area (Å²) in [6.45, 7) is 9.36. The van der Waals surface area contributed by atoms with Gasteiger partial charge in [-0.3, -0.25) is 13.9 Å². The third-order valence-corrected chi connectivity index (χ3v) is 8.60. The van der Waals surface area contributed by atoms with Gasteiger partial charge in [0.25, 0.3) is 10.0 Å². The maximum Gasteiger partial charge on any atom is 0.264 e. The molecule has 0 heterocycles. The molecule has 0 unspecified atom stereocenters. The molecule has 3 rings (SSSR count). The van der Waals surface area contributed by atoms with Gasteiger partial charge in [0.05, 0.1) is 17.7 Å². The quantitative estimate of drug-likeness (QED) is 0.342. The number of carbonyl (C=O) groups excluding carboxylic acids is 2. The lowest BCUT2D eigenvalue weighted by molar-refractivity contribution is -0.140. The fourth-order valence-electron chi connectivity index (χ4n) is 4.53. The van der Waals surface area contributed by atoms with Gasteiger partial charge in [-0.05, 0) is 75.1 Å². The second-order valence-corrected chi connectivity index (χ2v) is 11.6. The lowest BCUT2D eigenvalue weighted by Gasteiger charge is -2.33. The van der Waals surface area contributed by atoms with E-state index in [0.29, 0.717) is 18.7 Å². The molecule has 40 heavy (non-hydrogen) atoms. The molecular formula is C31H39N3O5S. The van der Waals surface area contributed by atoms with E-state index in [9.17, 15) is 18.0 Å². The van der Waals surface area contributed by atoms with E-state index >= 15 is 0 Å². The number of benzene rings is 3. The van der Waals surface area contributed by atoms with E-state index < -0.39 is 28.5 Å². The first-order valence-electron chi connectivity index (χ1n) is 13.4. The molecule has 0 saturated carbocycles. The number of rotatable bonds is 12. The normalized spacial score (nSPS) is 11.9. The summed E-state index contributed by atoms with van der Waals surface area (Å²) in [6.07, 6.45) is 0.363. The van der Waals surface area contributed by atoms with E-state index in [1.165, 1.54) is 24.1 Å². The fraction of sp³-hybridized carbons (Fsp3) is 0.355. The maximum atomic E-state index is 14.2. The highest BCUT2D eigenvalue weighted by Crippen LogP contribution is 2.34. The minimum atomic E-state index is -4.19. The van der Waals surface area contributed by atoms with Gasteiger partial charge in [0.15, 0.2) is 0 Å². The number of nitrogens with one attached hydrogen (secondary N) is 1. The van der Waals surface area contributed by atoms with Gasteiger partial charge in [0.2, 0.25) is 11.8 Å². The molecule has 0 fully saturated rings. The molecule has 3 aromatic carbocycles. The van der Waals surface area contributed by atoms with Crippen LogP contribution in [-0.2, 0) is 26.2 Å². The molecule has 1 atom stereocenters. The zero-order valence-electron chi connectivity index (χ0n) is 24.1. The highest BCUT2D eigenvalue weighted by atomic mass is 32.2. The van der Waals surface area contributed by atoms with Crippen LogP contribution in [0.25, 0.3) is 0 Å². The topological polar surface area (TPSA) is 96.0 Å². The molecule has 2 amide bonds. The molecule has 3 aromatic rings. The number of amides is 2. The van der Waals surface area contributed by atoms with Gasteiger partial charge >= 0.3 is 0 Å². The number of nitrogens with zero attached hydrogens (tertiary/aromatic N) is 2. The smallest absolute Gasteiger partial charge is 0.264 e. The van der Waals surface area contributed by atoms with Crippen LogP contribution in [0.3, 0.4) is 0 Å². The van der Waals surface area contributed by atoms with E-state index in [2.05, 4.69) is 5.32 Å². The van der Waals surface area contributed by atoms with Gasteiger partial charge in [0, 0.05) is 13.1 Å². The number of aryl methyl sites for hydroxylation is 3. The SMILES string of the molecule is CCNC(=O)[C@H](CC)N(Cc1ccccc1C)C(=O)CN(c1cc(C)ccc1OC)S(=O)(=O)c1ccc(C)cc1. The Morgan fingerprint density at radius 1 is 0.925 bits per heavy atom. The minimum absolute atomic E-state index is 0.0516. The van der Waals surface area contributed by atoms with E-state index in [4.69, 9.17) is 4.74 Å². The van der Waals surface area contributed by atoms with Crippen LogP contribution in [-0.4, -0.2) is 51.4 Å². The first-order valence-corrected chi connectivity index (χ1v) is 14.8. The van der Waals surface area contributed by atoms with Crippen molar-refractivity contribution in [1.29, 1.82) is 0 Å². The van der Waals surface area contributed by atoms with Gasteiger partial charge < -0.3 is 15.0 Å². The monoisotopic (exact) mass is 565 g/mol. The third-order valence-electron chi connectivity index (χ3n) is 6.83. The summed E-state index contributed by atoms with van der Waals surface area (Å²) >= 11 is 0. The lowest BCUT2D eigenvalue weighted by Crippen LogP contribution is -2.52. The largest absolute Gasteiger partial charge is 0.495 e. The van der Waals surface area contributed by atoms with Crippen LogP contribution in [0, 0.1) is 20.8 Å². The number of hydrogen-bond donors (Lipinski definition) is 1. The Labute approximate surface area is 238 Å². The van der Waals surface area contributed by atoms with Crippen molar-refractivity contribution in [3.63, 3.8) is 0 Å². The Hall–Kier alpha value is -3.85. The van der Waals surface area contributed by atoms with Crippen molar-refractivity contribution < 1.29 is 22.7 Å². The van der Waals surface area contributed by atoms with Gasteiger partial charge in [-0.25, -0.2) is 8.42 Å².